The molecule has 0 aromatic heterocycles. The van der Waals surface area contributed by atoms with Crippen LogP contribution in [-0.2, 0) is 0 Å². The molecule has 1 nitrogen and oxygen atoms in total. The van der Waals surface area contributed by atoms with Crippen molar-refractivity contribution in [3.05, 3.63) is 69.2 Å². The Morgan fingerprint density at radius 3 is 2.30 bits per heavy atom. The van der Waals surface area contributed by atoms with Gasteiger partial charge in [-0.15, -0.1) is 0 Å². The quantitative estimate of drug-likeness (QED) is 0.848. The van der Waals surface area contributed by atoms with Crippen LogP contribution in [-0.4, -0.2) is 6.54 Å². The van der Waals surface area contributed by atoms with Crippen LogP contribution in [0.1, 0.15) is 29.7 Å². The maximum absolute atomic E-state index is 13.4. The van der Waals surface area contributed by atoms with Gasteiger partial charge in [-0.3, -0.25) is 0 Å². The van der Waals surface area contributed by atoms with Gasteiger partial charge in [0.05, 0.1) is 6.04 Å². The summed E-state index contributed by atoms with van der Waals surface area (Å²) in [5, 5.41) is 3.30. The minimum atomic E-state index is -0.825. The minimum Gasteiger partial charge on any atom is -0.307 e. The molecule has 20 heavy (non-hydrogen) atoms. The Kier molecular flexibility index (Phi) is 4.89. The van der Waals surface area contributed by atoms with Gasteiger partial charge < -0.3 is 5.32 Å². The predicted molar refractivity (Wildman–Crippen MR) is 80.8 cm³/mol. The fourth-order valence-electron chi connectivity index (χ4n) is 2.11. The van der Waals surface area contributed by atoms with E-state index in [0.29, 0.717) is 5.56 Å². The van der Waals surface area contributed by atoms with E-state index in [9.17, 15) is 8.78 Å². The number of hydrogen-bond acceptors (Lipinski definition) is 1. The van der Waals surface area contributed by atoms with Gasteiger partial charge in [-0.1, -0.05) is 41.1 Å². The smallest absolute Gasteiger partial charge is 0.159 e. The van der Waals surface area contributed by atoms with Crippen LogP contribution in [0.5, 0.6) is 0 Å². The summed E-state index contributed by atoms with van der Waals surface area (Å²) < 4.78 is 27.5. The molecule has 2 aromatic carbocycles. The van der Waals surface area contributed by atoms with Gasteiger partial charge in [-0.05, 0) is 48.4 Å². The van der Waals surface area contributed by atoms with Crippen molar-refractivity contribution in [3.63, 3.8) is 0 Å². The van der Waals surface area contributed by atoms with Crippen LogP contribution in [0, 0.1) is 18.6 Å². The molecule has 2 rings (SSSR count). The average Bonchev–Trinajstić information content (AvgIpc) is 2.43. The first kappa shape index (κ1) is 15.1. The number of rotatable bonds is 4. The van der Waals surface area contributed by atoms with Crippen LogP contribution in [0.25, 0.3) is 0 Å². The van der Waals surface area contributed by atoms with E-state index in [1.165, 1.54) is 6.07 Å². The van der Waals surface area contributed by atoms with Gasteiger partial charge in [-0.2, -0.15) is 0 Å². The molecule has 106 valence electrons. The van der Waals surface area contributed by atoms with Crippen molar-refractivity contribution in [2.45, 2.75) is 19.9 Å². The Bertz CT molecular complexity index is 562. The largest absolute Gasteiger partial charge is 0.307 e. The second-order valence-electron chi connectivity index (χ2n) is 4.67. The summed E-state index contributed by atoms with van der Waals surface area (Å²) in [6, 6.07) is 9.86. The zero-order valence-electron chi connectivity index (χ0n) is 11.4. The van der Waals surface area contributed by atoms with Crippen molar-refractivity contribution >= 4 is 15.9 Å². The van der Waals surface area contributed by atoms with E-state index >= 15 is 0 Å². The molecule has 0 amide bonds. The van der Waals surface area contributed by atoms with Gasteiger partial charge in [0.1, 0.15) is 0 Å². The lowest BCUT2D eigenvalue weighted by atomic mass is 9.97. The van der Waals surface area contributed by atoms with Crippen LogP contribution in [0.2, 0.25) is 0 Å². The highest BCUT2D eigenvalue weighted by molar-refractivity contribution is 9.10. The highest BCUT2D eigenvalue weighted by atomic mass is 79.9. The first-order chi connectivity index (χ1) is 9.52. The molecule has 0 aliphatic carbocycles. The van der Waals surface area contributed by atoms with Crippen molar-refractivity contribution in [1.82, 2.24) is 5.32 Å². The molecule has 0 aliphatic rings. The Hall–Kier alpha value is -1.26. The third kappa shape index (κ3) is 3.25. The zero-order chi connectivity index (χ0) is 14.7. The van der Waals surface area contributed by atoms with E-state index < -0.39 is 11.6 Å². The van der Waals surface area contributed by atoms with E-state index in [1.54, 1.807) is 6.07 Å². The minimum absolute atomic E-state index is 0.160. The van der Waals surface area contributed by atoms with Gasteiger partial charge in [-0.25, -0.2) is 8.78 Å². The lowest BCUT2D eigenvalue weighted by Crippen LogP contribution is -2.22. The molecular formula is C16H16BrF2N. The molecule has 0 heterocycles. The van der Waals surface area contributed by atoms with Gasteiger partial charge in [0.15, 0.2) is 11.6 Å². The highest BCUT2D eigenvalue weighted by Gasteiger charge is 2.15. The van der Waals surface area contributed by atoms with Gasteiger partial charge in [0.25, 0.3) is 0 Å². The molecule has 1 N–H and O–H groups in total. The predicted octanol–water partition coefficient (Wildman–Crippen LogP) is 4.73. The van der Waals surface area contributed by atoms with E-state index in [2.05, 4.69) is 21.2 Å². The summed E-state index contributed by atoms with van der Waals surface area (Å²) in [4.78, 5) is 0. The molecule has 0 radical (unpaired) electrons. The van der Waals surface area contributed by atoms with Crippen LogP contribution < -0.4 is 5.32 Å². The topological polar surface area (TPSA) is 12.0 Å². The molecule has 2 aromatic rings. The summed E-state index contributed by atoms with van der Waals surface area (Å²) >= 11 is 3.50. The van der Waals surface area contributed by atoms with Gasteiger partial charge in [0, 0.05) is 4.47 Å². The van der Waals surface area contributed by atoms with Gasteiger partial charge >= 0.3 is 0 Å². The lowest BCUT2D eigenvalue weighted by molar-refractivity contribution is 0.504. The molecule has 0 aliphatic heterocycles. The standard InChI is InChI=1S/C16H16BrF2N/c1-3-20-16(11-5-4-10(2)13(17)8-11)12-6-7-14(18)15(19)9-12/h4-9,16,20H,3H2,1-2H3. The second-order valence-corrected chi connectivity index (χ2v) is 5.53. The molecule has 0 bridgehead atoms. The SMILES string of the molecule is CCNC(c1ccc(F)c(F)c1)c1ccc(C)c(Br)c1. The lowest BCUT2D eigenvalue weighted by Gasteiger charge is -2.20. The summed E-state index contributed by atoms with van der Waals surface area (Å²) in [5.74, 6) is -1.65. The van der Waals surface area contributed by atoms with Crippen molar-refractivity contribution in [1.29, 1.82) is 0 Å². The Balaban J connectivity index is 2.44. The van der Waals surface area contributed by atoms with Crippen molar-refractivity contribution in [3.8, 4) is 0 Å². The van der Waals surface area contributed by atoms with E-state index in [1.807, 2.05) is 32.0 Å². The molecule has 0 saturated heterocycles. The van der Waals surface area contributed by atoms with Crippen molar-refractivity contribution in [2.75, 3.05) is 6.54 Å². The molecule has 1 unspecified atom stereocenters. The fraction of sp³-hybridized carbons (Fsp3) is 0.250. The number of benzene rings is 2. The molecule has 0 saturated carbocycles. The monoisotopic (exact) mass is 339 g/mol. The Morgan fingerprint density at radius 1 is 1.05 bits per heavy atom. The first-order valence-corrected chi connectivity index (χ1v) is 7.26. The van der Waals surface area contributed by atoms with E-state index in [4.69, 9.17) is 0 Å². The highest BCUT2D eigenvalue weighted by Crippen LogP contribution is 2.27. The summed E-state index contributed by atoms with van der Waals surface area (Å²) in [6.07, 6.45) is 0. The number of nitrogens with one attached hydrogen (secondary N) is 1. The van der Waals surface area contributed by atoms with E-state index in [0.717, 1.165) is 28.2 Å². The normalized spacial score (nSPS) is 12.4. The van der Waals surface area contributed by atoms with Crippen LogP contribution in [0.4, 0.5) is 8.78 Å². The van der Waals surface area contributed by atoms with Crippen molar-refractivity contribution in [2.24, 2.45) is 0 Å². The van der Waals surface area contributed by atoms with Crippen LogP contribution in [0.3, 0.4) is 0 Å². The van der Waals surface area contributed by atoms with Crippen LogP contribution in [0.15, 0.2) is 40.9 Å². The molecular weight excluding hydrogens is 324 g/mol. The molecule has 1 atom stereocenters. The Labute approximate surface area is 126 Å². The second kappa shape index (κ2) is 6.46. The fourth-order valence-corrected chi connectivity index (χ4v) is 2.51. The van der Waals surface area contributed by atoms with Gasteiger partial charge in [0.2, 0.25) is 0 Å². The summed E-state index contributed by atoms with van der Waals surface area (Å²) in [5.41, 5.74) is 2.85. The molecule has 0 fully saturated rings. The molecule has 4 heteroatoms. The maximum Gasteiger partial charge on any atom is 0.159 e. The Morgan fingerprint density at radius 2 is 1.70 bits per heavy atom. The first-order valence-electron chi connectivity index (χ1n) is 6.47. The van der Waals surface area contributed by atoms with Crippen LogP contribution >= 0.6 is 15.9 Å². The maximum atomic E-state index is 13.4. The summed E-state index contributed by atoms with van der Waals surface area (Å²) in [7, 11) is 0. The molecule has 0 spiro atoms. The number of halogens is 3. The zero-order valence-corrected chi connectivity index (χ0v) is 13.0. The van der Waals surface area contributed by atoms with E-state index in [-0.39, 0.29) is 6.04 Å². The third-order valence-corrected chi connectivity index (χ3v) is 4.07. The van der Waals surface area contributed by atoms with Crippen molar-refractivity contribution < 1.29 is 8.78 Å². The average molecular weight is 340 g/mol. The number of aryl methyl sites for hydroxylation is 1. The summed E-state index contributed by atoms with van der Waals surface area (Å²) in [6.45, 7) is 4.72. The third-order valence-electron chi connectivity index (χ3n) is 3.21. The number of hydrogen-bond donors (Lipinski definition) is 1.